The van der Waals surface area contributed by atoms with Gasteiger partial charge in [0.15, 0.2) is 11.5 Å². The van der Waals surface area contributed by atoms with Gasteiger partial charge in [-0.1, -0.05) is 35.5 Å². The van der Waals surface area contributed by atoms with Gasteiger partial charge in [-0.05, 0) is 55.0 Å². The Morgan fingerprint density at radius 2 is 1.86 bits per heavy atom. The van der Waals surface area contributed by atoms with Gasteiger partial charge in [0, 0.05) is 11.5 Å². The average Bonchev–Trinajstić information content (AvgIpc) is 3.39. The predicted octanol–water partition coefficient (Wildman–Crippen LogP) is 5.70. The molecule has 3 aromatic rings. The van der Waals surface area contributed by atoms with E-state index in [4.69, 9.17) is 4.52 Å². The molecule has 1 aromatic heterocycles. The zero-order valence-corrected chi connectivity index (χ0v) is 15.2. The molecule has 0 saturated heterocycles. The van der Waals surface area contributed by atoms with E-state index < -0.39 is 11.7 Å². The summed E-state index contributed by atoms with van der Waals surface area (Å²) in [6.45, 7) is 1.90. The van der Waals surface area contributed by atoms with E-state index in [1.165, 1.54) is 12.3 Å². The Balaban J connectivity index is 1.78. The van der Waals surface area contributed by atoms with Gasteiger partial charge in [0.05, 0.1) is 17.3 Å². The van der Waals surface area contributed by atoms with Gasteiger partial charge in [-0.25, -0.2) is 0 Å². The molecule has 28 heavy (non-hydrogen) atoms. The molecule has 0 radical (unpaired) electrons. The zero-order valence-electron chi connectivity index (χ0n) is 15.2. The van der Waals surface area contributed by atoms with Crippen molar-refractivity contribution in [2.45, 2.75) is 38.3 Å². The summed E-state index contributed by atoms with van der Waals surface area (Å²) in [6.07, 6.45) is -1.01. The summed E-state index contributed by atoms with van der Waals surface area (Å²) < 4.78 is 45.0. The lowest BCUT2D eigenvalue weighted by Gasteiger charge is -2.14. The third-order valence-electron chi connectivity index (χ3n) is 5.11. The molecule has 1 fully saturated rings. The van der Waals surface area contributed by atoms with Crippen LogP contribution in [0.25, 0.3) is 0 Å². The molecule has 0 unspecified atom stereocenters. The Morgan fingerprint density at radius 1 is 1.11 bits per heavy atom. The lowest BCUT2D eigenvalue weighted by molar-refractivity contribution is -0.137. The van der Waals surface area contributed by atoms with Crippen molar-refractivity contribution in [2.24, 2.45) is 0 Å². The molecule has 0 N–H and O–H groups in total. The minimum absolute atomic E-state index is 0.177. The Kier molecular flexibility index (Phi) is 4.57. The predicted molar refractivity (Wildman–Crippen MR) is 97.3 cm³/mol. The van der Waals surface area contributed by atoms with E-state index in [2.05, 4.69) is 5.16 Å². The number of aryl methyl sites for hydroxylation is 1. The lowest BCUT2D eigenvalue weighted by atomic mass is 9.91. The minimum Gasteiger partial charge on any atom is -0.360 e. The summed E-state index contributed by atoms with van der Waals surface area (Å²) in [4.78, 5) is 13.1. The fourth-order valence-electron chi connectivity index (χ4n) is 3.36. The molecule has 4 rings (SSSR count). The van der Waals surface area contributed by atoms with Crippen molar-refractivity contribution < 1.29 is 22.5 Å². The molecule has 144 valence electrons. The van der Waals surface area contributed by atoms with E-state index in [-0.39, 0.29) is 23.7 Å². The summed E-state index contributed by atoms with van der Waals surface area (Å²) in [7, 11) is 0. The molecular weight excluding hydrogens is 367 g/mol. The van der Waals surface area contributed by atoms with Crippen molar-refractivity contribution in [3.63, 3.8) is 0 Å². The monoisotopic (exact) mass is 385 g/mol. The highest BCUT2D eigenvalue weighted by Gasteiger charge is 2.34. The van der Waals surface area contributed by atoms with Gasteiger partial charge in [0.25, 0.3) is 0 Å². The zero-order chi connectivity index (χ0) is 19.9. The Morgan fingerprint density at radius 3 is 2.54 bits per heavy atom. The van der Waals surface area contributed by atoms with E-state index >= 15 is 0 Å². The van der Waals surface area contributed by atoms with Crippen LogP contribution in [0.2, 0.25) is 0 Å². The molecule has 1 aliphatic rings. The van der Waals surface area contributed by atoms with Gasteiger partial charge in [0.2, 0.25) is 0 Å². The fraction of sp³-hybridized carbons (Fsp3) is 0.273. The van der Waals surface area contributed by atoms with Crippen LogP contribution >= 0.6 is 0 Å². The number of halogens is 3. The number of aromatic nitrogens is 1. The summed E-state index contributed by atoms with van der Waals surface area (Å²) >= 11 is 0. The molecule has 0 aliphatic heterocycles. The molecule has 2 aromatic carbocycles. The molecule has 1 aliphatic carbocycles. The van der Waals surface area contributed by atoms with Crippen LogP contribution in [0.5, 0.6) is 0 Å². The summed E-state index contributed by atoms with van der Waals surface area (Å²) in [5.41, 5.74) is 2.01. The molecule has 1 heterocycles. The molecule has 0 amide bonds. The van der Waals surface area contributed by atoms with Crippen LogP contribution in [-0.2, 0) is 12.6 Å². The van der Waals surface area contributed by atoms with Crippen molar-refractivity contribution in [1.82, 2.24) is 5.16 Å². The van der Waals surface area contributed by atoms with Gasteiger partial charge in [-0.3, -0.25) is 4.79 Å². The summed E-state index contributed by atoms with van der Waals surface area (Å²) in [6, 6.07) is 10.8. The van der Waals surface area contributed by atoms with Crippen molar-refractivity contribution in [2.75, 3.05) is 0 Å². The van der Waals surface area contributed by atoms with Crippen molar-refractivity contribution in [3.8, 4) is 0 Å². The number of carbonyl (C=O) groups excluding carboxylic acids is 1. The van der Waals surface area contributed by atoms with Gasteiger partial charge in [-0.15, -0.1) is 0 Å². The van der Waals surface area contributed by atoms with E-state index in [9.17, 15) is 18.0 Å². The van der Waals surface area contributed by atoms with Crippen LogP contribution in [-0.4, -0.2) is 10.9 Å². The SMILES string of the molecule is Cc1ccccc1Cc1cc(C(F)(F)F)ccc1C(=O)c1cnoc1C1CC1. The van der Waals surface area contributed by atoms with Crippen LogP contribution in [0.15, 0.2) is 53.2 Å². The Labute approximate surface area is 160 Å². The maximum atomic E-state index is 13.3. The number of benzene rings is 2. The van der Waals surface area contributed by atoms with Gasteiger partial charge in [0.1, 0.15) is 0 Å². The van der Waals surface area contributed by atoms with Gasteiger partial charge in [-0.2, -0.15) is 13.2 Å². The van der Waals surface area contributed by atoms with Crippen LogP contribution in [0.1, 0.15) is 62.7 Å². The smallest absolute Gasteiger partial charge is 0.360 e. The first-order chi connectivity index (χ1) is 13.3. The third-order valence-corrected chi connectivity index (χ3v) is 5.11. The molecule has 3 nitrogen and oxygen atoms in total. The second kappa shape index (κ2) is 6.93. The molecule has 0 atom stereocenters. The van der Waals surface area contributed by atoms with Gasteiger partial charge < -0.3 is 4.52 Å². The molecule has 1 saturated carbocycles. The lowest BCUT2D eigenvalue weighted by Crippen LogP contribution is -2.11. The minimum atomic E-state index is -4.47. The maximum Gasteiger partial charge on any atom is 0.416 e. The highest BCUT2D eigenvalue weighted by Crippen LogP contribution is 2.42. The first-order valence-corrected chi connectivity index (χ1v) is 9.08. The fourth-order valence-corrected chi connectivity index (χ4v) is 3.36. The number of ketones is 1. The highest BCUT2D eigenvalue weighted by molar-refractivity contribution is 6.10. The summed E-state index contributed by atoms with van der Waals surface area (Å²) in [5, 5.41) is 3.74. The molecule has 0 spiro atoms. The van der Waals surface area contributed by atoms with Crippen molar-refractivity contribution in [1.29, 1.82) is 0 Å². The second-order valence-corrected chi connectivity index (χ2v) is 7.18. The van der Waals surface area contributed by atoms with Crippen LogP contribution < -0.4 is 0 Å². The first-order valence-electron chi connectivity index (χ1n) is 9.08. The van der Waals surface area contributed by atoms with E-state index in [0.29, 0.717) is 16.9 Å². The average molecular weight is 385 g/mol. The second-order valence-electron chi connectivity index (χ2n) is 7.18. The quantitative estimate of drug-likeness (QED) is 0.529. The summed E-state index contributed by atoms with van der Waals surface area (Å²) in [5.74, 6) is 0.364. The van der Waals surface area contributed by atoms with E-state index in [1.54, 1.807) is 0 Å². The standard InChI is InChI=1S/C22H18F3NO2/c1-13-4-2-3-5-15(13)10-16-11-17(22(23,24)25)8-9-18(16)20(27)19-12-26-28-21(19)14-6-7-14/h2-5,8-9,11-12,14H,6-7,10H2,1H3. The number of nitrogens with zero attached hydrogens (tertiary/aromatic N) is 1. The Hall–Kier alpha value is -2.89. The number of alkyl halides is 3. The van der Waals surface area contributed by atoms with Crippen LogP contribution in [0.3, 0.4) is 0 Å². The van der Waals surface area contributed by atoms with Crippen molar-refractivity contribution in [3.05, 3.63) is 87.8 Å². The molecule has 6 heteroatoms. The molecule has 0 bridgehead atoms. The highest BCUT2D eigenvalue weighted by atomic mass is 19.4. The maximum absolute atomic E-state index is 13.3. The van der Waals surface area contributed by atoms with Crippen molar-refractivity contribution >= 4 is 5.78 Å². The van der Waals surface area contributed by atoms with E-state index in [0.717, 1.165) is 36.1 Å². The Bertz CT molecular complexity index is 1030. The third kappa shape index (κ3) is 3.59. The number of carbonyl (C=O) groups is 1. The largest absolute Gasteiger partial charge is 0.416 e. The topological polar surface area (TPSA) is 43.1 Å². The normalized spacial score (nSPS) is 14.3. The first kappa shape index (κ1) is 18.5. The molecular formula is C22H18F3NO2. The van der Waals surface area contributed by atoms with E-state index in [1.807, 2.05) is 31.2 Å². The number of rotatable bonds is 5. The van der Waals surface area contributed by atoms with Crippen LogP contribution in [0.4, 0.5) is 13.2 Å². The number of hydrogen-bond donors (Lipinski definition) is 0. The van der Waals surface area contributed by atoms with Crippen LogP contribution in [0, 0.1) is 6.92 Å². The number of hydrogen-bond acceptors (Lipinski definition) is 3. The van der Waals surface area contributed by atoms with Gasteiger partial charge >= 0.3 is 6.18 Å².